The van der Waals surface area contributed by atoms with E-state index in [0.717, 1.165) is 0 Å². The summed E-state index contributed by atoms with van der Waals surface area (Å²) in [6, 6.07) is 4.60. The average Bonchev–Trinajstić information content (AvgIpc) is 2.15. The van der Waals surface area contributed by atoms with Crippen LogP contribution in [-0.4, -0.2) is 23.9 Å². The Bertz CT molecular complexity index is 402. The Labute approximate surface area is 92.9 Å². The molecule has 1 aromatic carbocycles. The third-order valence-electron chi connectivity index (χ3n) is 1.74. The van der Waals surface area contributed by atoms with E-state index in [1.165, 1.54) is 6.07 Å². The van der Waals surface area contributed by atoms with Crippen LogP contribution in [0.1, 0.15) is 5.56 Å². The molecule has 0 fully saturated rings. The second kappa shape index (κ2) is 4.79. The van der Waals surface area contributed by atoms with Crippen molar-refractivity contribution in [1.82, 2.24) is 4.90 Å². The van der Waals surface area contributed by atoms with Crippen LogP contribution in [0.5, 0.6) is 0 Å². The SMILES string of the molecule is CN(C)C=Cc1ccc(Cl)cc1[N+](=O)[O-]. The molecule has 0 unspecified atom stereocenters. The number of hydrogen-bond acceptors (Lipinski definition) is 3. The second-order valence-electron chi connectivity index (χ2n) is 3.24. The molecule has 5 heteroatoms. The summed E-state index contributed by atoms with van der Waals surface area (Å²) in [7, 11) is 3.69. The van der Waals surface area contributed by atoms with Crippen LogP contribution in [0.25, 0.3) is 6.08 Å². The zero-order chi connectivity index (χ0) is 11.4. The van der Waals surface area contributed by atoms with Crippen LogP contribution >= 0.6 is 11.6 Å². The molecule has 0 aliphatic carbocycles. The van der Waals surface area contributed by atoms with Crippen LogP contribution in [0.3, 0.4) is 0 Å². The van der Waals surface area contributed by atoms with Crippen molar-refractivity contribution in [3.8, 4) is 0 Å². The van der Waals surface area contributed by atoms with E-state index in [1.807, 2.05) is 14.1 Å². The largest absolute Gasteiger partial charge is 0.383 e. The Morgan fingerprint density at radius 1 is 1.47 bits per heavy atom. The molecule has 0 N–H and O–H groups in total. The first-order valence-corrected chi connectivity index (χ1v) is 4.67. The predicted molar refractivity (Wildman–Crippen MR) is 60.8 cm³/mol. The van der Waals surface area contributed by atoms with Crippen molar-refractivity contribution in [2.45, 2.75) is 0 Å². The van der Waals surface area contributed by atoms with Crippen LogP contribution < -0.4 is 0 Å². The number of nitro benzene ring substituents is 1. The zero-order valence-corrected chi connectivity index (χ0v) is 9.23. The fraction of sp³-hybridized carbons (Fsp3) is 0.200. The van der Waals surface area contributed by atoms with Gasteiger partial charge >= 0.3 is 0 Å². The van der Waals surface area contributed by atoms with Crippen LogP contribution in [0.4, 0.5) is 5.69 Å². The van der Waals surface area contributed by atoms with Gasteiger partial charge in [0, 0.05) is 25.2 Å². The van der Waals surface area contributed by atoms with Gasteiger partial charge in [0.25, 0.3) is 5.69 Å². The van der Waals surface area contributed by atoms with E-state index < -0.39 is 4.92 Å². The lowest BCUT2D eigenvalue weighted by atomic mass is 10.2. The van der Waals surface area contributed by atoms with Crippen LogP contribution in [0.15, 0.2) is 24.4 Å². The van der Waals surface area contributed by atoms with Gasteiger partial charge < -0.3 is 4.90 Å². The van der Waals surface area contributed by atoms with Crippen molar-refractivity contribution in [2.24, 2.45) is 0 Å². The fourth-order valence-corrected chi connectivity index (χ4v) is 1.21. The molecule has 4 nitrogen and oxygen atoms in total. The topological polar surface area (TPSA) is 46.4 Å². The summed E-state index contributed by atoms with van der Waals surface area (Å²) in [6.07, 6.45) is 3.42. The van der Waals surface area contributed by atoms with Gasteiger partial charge in [0.1, 0.15) is 0 Å². The third kappa shape index (κ3) is 3.25. The first kappa shape index (κ1) is 11.5. The molecule has 0 radical (unpaired) electrons. The molecule has 15 heavy (non-hydrogen) atoms. The van der Waals surface area contributed by atoms with Crippen molar-refractivity contribution < 1.29 is 4.92 Å². The van der Waals surface area contributed by atoms with Gasteiger partial charge in [-0.25, -0.2) is 0 Å². The van der Waals surface area contributed by atoms with Crippen molar-refractivity contribution in [3.05, 3.63) is 45.1 Å². The standard InChI is InChI=1S/C10H11ClN2O2/c1-12(2)6-5-8-3-4-9(11)7-10(8)13(14)15/h3-7H,1-2H3. The van der Waals surface area contributed by atoms with Gasteiger partial charge in [-0.3, -0.25) is 10.1 Å². The minimum Gasteiger partial charge on any atom is -0.383 e. The number of nitro groups is 1. The molecule has 0 aromatic heterocycles. The molecule has 0 spiro atoms. The zero-order valence-electron chi connectivity index (χ0n) is 8.48. The Hall–Kier alpha value is -1.55. The Balaban J connectivity index is 3.12. The molecule has 0 atom stereocenters. The number of rotatable bonds is 3. The first-order chi connectivity index (χ1) is 7.00. The van der Waals surface area contributed by atoms with Gasteiger partial charge in [-0.15, -0.1) is 0 Å². The van der Waals surface area contributed by atoms with Crippen molar-refractivity contribution >= 4 is 23.4 Å². The summed E-state index contributed by atoms with van der Waals surface area (Å²) in [5.74, 6) is 0. The maximum absolute atomic E-state index is 10.7. The minimum absolute atomic E-state index is 0.0144. The highest BCUT2D eigenvalue weighted by Crippen LogP contribution is 2.24. The molecule has 0 heterocycles. The lowest BCUT2D eigenvalue weighted by molar-refractivity contribution is -0.385. The van der Waals surface area contributed by atoms with E-state index in [-0.39, 0.29) is 5.69 Å². The highest BCUT2D eigenvalue weighted by Gasteiger charge is 2.11. The van der Waals surface area contributed by atoms with E-state index in [1.54, 1.807) is 29.3 Å². The first-order valence-electron chi connectivity index (χ1n) is 4.29. The lowest BCUT2D eigenvalue weighted by Crippen LogP contribution is -2.00. The van der Waals surface area contributed by atoms with Crippen LogP contribution in [-0.2, 0) is 0 Å². The van der Waals surface area contributed by atoms with E-state index in [9.17, 15) is 10.1 Å². The summed E-state index contributed by atoms with van der Waals surface area (Å²) >= 11 is 5.68. The highest BCUT2D eigenvalue weighted by atomic mass is 35.5. The molecule has 1 rings (SSSR count). The smallest absolute Gasteiger partial charge is 0.278 e. The predicted octanol–water partition coefficient (Wildman–Crippen LogP) is 2.78. The molecule has 0 aliphatic rings. The van der Waals surface area contributed by atoms with E-state index >= 15 is 0 Å². The van der Waals surface area contributed by atoms with E-state index in [4.69, 9.17) is 11.6 Å². The number of halogens is 1. The summed E-state index contributed by atoms with van der Waals surface area (Å²) in [5.41, 5.74) is 0.554. The summed E-state index contributed by atoms with van der Waals surface area (Å²) in [4.78, 5) is 12.1. The summed E-state index contributed by atoms with van der Waals surface area (Å²) in [5, 5.41) is 11.1. The normalized spacial score (nSPS) is 10.6. The minimum atomic E-state index is -0.443. The highest BCUT2D eigenvalue weighted by molar-refractivity contribution is 6.30. The molecular formula is C10H11ClN2O2. The molecule has 0 amide bonds. The summed E-state index contributed by atoms with van der Waals surface area (Å²) < 4.78 is 0. The number of benzene rings is 1. The maximum Gasteiger partial charge on any atom is 0.278 e. The van der Waals surface area contributed by atoms with Crippen molar-refractivity contribution in [3.63, 3.8) is 0 Å². The number of nitrogens with zero attached hydrogens (tertiary/aromatic N) is 2. The molecule has 0 saturated carbocycles. The van der Waals surface area contributed by atoms with Crippen LogP contribution in [0.2, 0.25) is 5.02 Å². The van der Waals surface area contributed by atoms with Gasteiger partial charge in [0.05, 0.1) is 10.5 Å². The monoisotopic (exact) mass is 226 g/mol. The van der Waals surface area contributed by atoms with Crippen LogP contribution in [0, 0.1) is 10.1 Å². The third-order valence-corrected chi connectivity index (χ3v) is 1.98. The Morgan fingerprint density at radius 2 is 2.13 bits per heavy atom. The Morgan fingerprint density at radius 3 is 2.67 bits per heavy atom. The lowest BCUT2D eigenvalue weighted by Gasteiger charge is -2.03. The van der Waals surface area contributed by atoms with Crippen molar-refractivity contribution in [2.75, 3.05) is 14.1 Å². The van der Waals surface area contributed by atoms with Gasteiger partial charge in [0.15, 0.2) is 0 Å². The van der Waals surface area contributed by atoms with E-state index in [0.29, 0.717) is 10.6 Å². The Kier molecular flexibility index (Phi) is 3.68. The molecule has 0 saturated heterocycles. The van der Waals surface area contributed by atoms with Crippen molar-refractivity contribution in [1.29, 1.82) is 0 Å². The van der Waals surface area contributed by atoms with Gasteiger partial charge in [-0.1, -0.05) is 11.6 Å². The second-order valence-corrected chi connectivity index (χ2v) is 3.68. The van der Waals surface area contributed by atoms with Gasteiger partial charge in [-0.05, 0) is 24.4 Å². The molecule has 1 aromatic rings. The summed E-state index contributed by atoms with van der Waals surface area (Å²) in [6.45, 7) is 0. The van der Waals surface area contributed by atoms with E-state index in [2.05, 4.69) is 0 Å². The quantitative estimate of drug-likeness (QED) is 0.588. The van der Waals surface area contributed by atoms with Gasteiger partial charge in [-0.2, -0.15) is 0 Å². The molecule has 0 bridgehead atoms. The molecular weight excluding hydrogens is 216 g/mol. The molecule has 0 aliphatic heterocycles. The maximum atomic E-state index is 10.7. The average molecular weight is 227 g/mol. The molecule has 80 valence electrons. The van der Waals surface area contributed by atoms with Gasteiger partial charge in [0.2, 0.25) is 0 Å². The number of hydrogen-bond donors (Lipinski definition) is 0. The fourth-order valence-electron chi connectivity index (χ4n) is 1.05.